The topological polar surface area (TPSA) is 60.0 Å². The molecule has 0 aromatic heterocycles. The van der Waals surface area contributed by atoms with E-state index in [1.807, 2.05) is 30.3 Å². The number of rotatable bonds is 8. The van der Waals surface area contributed by atoms with Gasteiger partial charge in [-0.2, -0.15) is 0 Å². The van der Waals surface area contributed by atoms with Crippen LogP contribution in [-0.4, -0.2) is 57.0 Å². The fraction of sp³-hybridized carbons (Fsp3) is 0.391. The van der Waals surface area contributed by atoms with Gasteiger partial charge < -0.3 is 20.4 Å². The highest BCUT2D eigenvalue weighted by molar-refractivity contribution is 5.93. The van der Waals surface area contributed by atoms with Crippen molar-refractivity contribution >= 4 is 17.6 Å². The molecule has 0 spiro atoms. The van der Waals surface area contributed by atoms with Crippen LogP contribution >= 0.6 is 0 Å². The summed E-state index contributed by atoms with van der Waals surface area (Å²) in [7, 11) is 5.61. The first-order valence-electron chi connectivity index (χ1n) is 10.0. The molecular weight excluding hydrogens is 362 g/mol. The molecule has 0 aliphatic rings. The second-order valence-corrected chi connectivity index (χ2v) is 7.27. The van der Waals surface area contributed by atoms with Crippen LogP contribution in [0.25, 0.3) is 0 Å². The molecule has 0 saturated carbocycles. The van der Waals surface area contributed by atoms with Gasteiger partial charge in [0.15, 0.2) is 5.96 Å². The largest absolute Gasteiger partial charge is 0.370 e. The number of benzene rings is 2. The quantitative estimate of drug-likeness (QED) is 0.533. The molecular formula is C23H33N5O. The Kier molecular flexibility index (Phi) is 8.52. The first kappa shape index (κ1) is 22.3. The predicted molar refractivity (Wildman–Crippen MR) is 122 cm³/mol. The van der Waals surface area contributed by atoms with Crippen LogP contribution in [0.1, 0.15) is 29.8 Å². The molecule has 0 heterocycles. The molecule has 156 valence electrons. The summed E-state index contributed by atoms with van der Waals surface area (Å²) < 4.78 is 0. The lowest BCUT2D eigenvalue weighted by molar-refractivity contribution is 0.0827. The third kappa shape index (κ3) is 6.82. The Morgan fingerprint density at radius 3 is 2.24 bits per heavy atom. The Morgan fingerprint density at radius 2 is 1.66 bits per heavy atom. The standard InChI is InChI=1S/C23H33N5O/c1-6-24-23(25-16-18(2)28(5)21-10-8-7-9-11-21)26-17-19-12-14-20(15-13-19)22(29)27(3)4/h7-15,18H,6,16-17H2,1-5H3,(H2,24,25,26). The predicted octanol–water partition coefficient (Wildman–Crippen LogP) is 2.97. The van der Waals surface area contributed by atoms with Crippen molar-refractivity contribution < 1.29 is 4.79 Å². The number of nitrogens with one attached hydrogen (secondary N) is 2. The Balaban J connectivity index is 1.94. The van der Waals surface area contributed by atoms with Crippen molar-refractivity contribution in [1.82, 2.24) is 15.5 Å². The van der Waals surface area contributed by atoms with Gasteiger partial charge in [-0.3, -0.25) is 4.79 Å². The van der Waals surface area contributed by atoms with Crippen LogP contribution in [0.3, 0.4) is 0 Å². The zero-order valence-corrected chi connectivity index (χ0v) is 18.1. The average molecular weight is 396 g/mol. The lowest BCUT2D eigenvalue weighted by Crippen LogP contribution is -2.45. The van der Waals surface area contributed by atoms with Crippen LogP contribution in [0.5, 0.6) is 0 Å². The van der Waals surface area contributed by atoms with Crippen molar-refractivity contribution in [2.45, 2.75) is 26.4 Å². The zero-order valence-electron chi connectivity index (χ0n) is 18.1. The third-order valence-corrected chi connectivity index (χ3v) is 4.76. The first-order valence-corrected chi connectivity index (χ1v) is 10.0. The van der Waals surface area contributed by atoms with E-state index in [4.69, 9.17) is 0 Å². The number of aliphatic imine (C=N–C) groups is 1. The molecule has 0 bridgehead atoms. The van der Waals surface area contributed by atoms with Crippen LogP contribution in [0.2, 0.25) is 0 Å². The molecule has 0 aliphatic heterocycles. The number of hydrogen-bond acceptors (Lipinski definition) is 3. The number of hydrogen-bond donors (Lipinski definition) is 2. The van der Waals surface area contributed by atoms with Gasteiger partial charge >= 0.3 is 0 Å². The smallest absolute Gasteiger partial charge is 0.253 e. The Hall–Kier alpha value is -3.02. The van der Waals surface area contributed by atoms with Crippen molar-refractivity contribution in [3.63, 3.8) is 0 Å². The molecule has 0 radical (unpaired) electrons. The molecule has 0 aliphatic carbocycles. The van der Waals surface area contributed by atoms with E-state index in [-0.39, 0.29) is 5.91 Å². The lowest BCUT2D eigenvalue weighted by Gasteiger charge is -2.27. The van der Waals surface area contributed by atoms with E-state index in [1.54, 1.807) is 19.0 Å². The van der Waals surface area contributed by atoms with Crippen molar-refractivity contribution in [2.75, 3.05) is 39.1 Å². The monoisotopic (exact) mass is 395 g/mol. The number of likely N-dealkylation sites (N-methyl/N-ethyl adjacent to an activating group) is 1. The summed E-state index contributed by atoms with van der Waals surface area (Å²) in [5.41, 5.74) is 2.94. The van der Waals surface area contributed by atoms with Gasteiger partial charge in [0.25, 0.3) is 5.91 Å². The number of anilines is 1. The summed E-state index contributed by atoms with van der Waals surface area (Å²) >= 11 is 0. The number of carbonyl (C=O) groups is 1. The van der Waals surface area contributed by atoms with Crippen LogP contribution in [0.4, 0.5) is 5.69 Å². The van der Waals surface area contributed by atoms with Crippen LogP contribution in [0, 0.1) is 0 Å². The summed E-state index contributed by atoms with van der Waals surface area (Å²) in [4.78, 5) is 20.5. The minimum Gasteiger partial charge on any atom is -0.370 e. The van der Waals surface area contributed by atoms with Gasteiger partial charge in [-0.15, -0.1) is 0 Å². The van der Waals surface area contributed by atoms with Crippen molar-refractivity contribution in [1.29, 1.82) is 0 Å². The van der Waals surface area contributed by atoms with Gasteiger partial charge in [-0.05, 0) is 43.7 Å². The maximum Gasteiger partial charge on any atom is 0.253 e. The number of amides is 1. The molecule has 2 aromatic carbocycles. The van der Waals surface area contributed by atoms with E-state index in [9.17, 15) is 4.79 Å². The molecule has 2 N–H and O–H groups in total. The van der Waals surface area contributed by atoms with E-state index in [0.29, 0.717) is 18.2 Å². The summed E-state index contributed by atoms with van der Waals surface area (Å²) in [6.07, 6.45) is 0. The number of guanidine groups is 1. The summed E-state index contributed by atoms with van der Waals surface area (Å²) in [6, 6.07) is 18.3. The first-order chi connectivity index (χ1) is 13.9. The lowest BCUT2D eigenvalue weighted by atomic mass is 10.1. The van der Waals surface area contributed by atoms with Gasteiger partial charge in [-0.25, -0.2) is 4.99 Å². The fourth-order valence-corrected chi connectivity index (χ4v) is 2.82. The Bertz CT molecular complexity index is 787. The van der Waals surface area contributed by atoms with E-state index < -0.39 is 0 Å². The molecule has 29 heavy (non-hydrogen) atoms. The van der Waals surface area contributed by atoms with Crippen LogP contribution in [-0.2, 0) is 6.54 Å². The van der Waals surface area contributed by atoms with Gasteiger partial charge in [0, 0.05) is 51.5 Å². The Labute approximate surface area is 174 Å². The second-order valence-electron chi connectivity index (χ2n) is 7.27. The molecule has 0 fully saturated rings. The summed E-state index contributed by atoms with van der Waals surface area (Å²) in [5.74, 6) is 0.792. The van der Waals surface area contributed by atoms with Crippen LogP contribution in [0.15, 0.2) is 59.6 Å². The SMILES string of the molecule is CCNC(=NCc1ccc(C(=O)N(C)C)cc1)NCC(C)N(C)c1ccccc1. The highest BCUT2D eigenvalue weighted by Crippen LogP contribution is 2.13. The molecule has 1 atom stereocenters. The van der Waals surface area contributed by atoms with Gasteiger partial charge in [0.05, 0.1) is 6.54 Å². The van der Waals surface area contributed by atoms with Crippen molar-refractivity contribution in [3.8, 4) is 0 Å². The highest BCUT2D eigenvalue weighted by Gasteiger charge is 2.11. The normalized spacial score (nSPS) is 12.2. The maximum absolute atomic E-state index is 12.0. The number of carbonyl (C=O) groups excluding carboxylic acids is 1. The molecule has 6 heteroatoms. The third-order valence-electron chi connectivity index (χ3n) is 4.76. The minimum absolute atomic E-state index is 0.00609. The summed E-state index contributed by atoms with van der Waals surface area (Å²) in [5, 5.41) is 6.71. The minimum atomic E-state index is 0.00609. The molecule has 6 nitrogen and oxygen atoms in total. The number of nitrogens with zero attached hydrogens (tertiary/aromatic N) is 3. The fourth-order valence-electron chi connectivity index (χ4n) is 2.82. The van der Waals surface area contributed by atoms with Gasteiger partial charge in [0.2, 0.25) is 0 Å². The van der Waals surface area contributed by atoms with E-state index in [2.05, 4.69) is 65.7 Å². The maximum atomic E-state index is 12.0. The zero-order chi connectivity index (χ0) is 21.2. The van der Waals surface area contributed by atoms with E-state index in [1.165, 1.54) is 5.69 Å². The molecule has 0 saturated heterocycles. The second kappa shape index (κ2) is 11.1. The molecule has 1 amide bonds. The molecule has 2 aromatic rings. The average Bonchev–Trinajstić information content (AvgIpc) is 2.75. The van der Waals surface area contributed by atoms with Crippen molar-refractivity contribution in [3.05, 3.63) is 65.7 Å². The highest BCUT2D eigenvalue weighted by atomic mass is 16.2. The molecule has 2 rings (SSSR count). The summed E-state index contributed by atoms with van der Waals surface area (Å²) in [6.45, 7) is 6.36. The van der Waals surface area contributed by atoms with Crippen molar-refractivity contribution in [2.24, 2.45) is 4.99 Å². The van der Waals surface area contributed by atoms with Gasteiger partial charge in [-0.1, -0.05) is 30.3 Å². The molecule has 1 unspecified atom stereocenters. The van der Waals surface area contributed by atoms with E-state index in [0.717, 1.165) is 24.6 Å². The van der Waals surface area contributed by atoms with E-state index >= 15 is 0 Å². The van der Waals surface area contributed by atoms with Crippen LogP contribution < -0.4 is 15.5 Å². The van der Waals surface area contributed by atoms with Gasteiger partial charge in [0.1, 0.15) is 0 Å². The Morgan fingerprint density at radius 1 is 1.00 bits per heavy atom. The number of para-hydroxylation sites is 1.